The van der Waals surface area contributed by atoms with E-state index in [2.05, 4.69) is 0 Å². The van der Waals surface area contributed by atoms with Gasteiger partial charge in [0.1, 0.15) is 11.6 Å². The number of hydrazine groups is 1. The molecule has 2 saturated heterocycles. The largest absolute Gasteiger partial charge is 0.481 e. The van der Waals surface area contributed by atoms with Crippen molar-refractivity contribution in [2.24, 2.45) is 71.0 Å². The minimum atomic E-state index is -1.21. The summed E-state index contributed by atoms with van der Waals surface area (Å²) in [6, 6.07) is 13.1. The summed E-state index contributed by atoms with van der Waals surface area (Å²) in [6.07, 6.45) is -1.35. The van der Waals surface area contributed by atoms with E-state index in [1.165, 1.54) is 62.1 Å². The lowest BCUT2D eigenvalue weighted by molar-refractivity contribution is -0.167. The van der Waals surface area contributed by atoms with E-state index in [0.29, 0.717) is 38.8 Å². The maximum Gasteiger partial charge on any atom is 0.307 e. The summed E-state index contributed by atoms with van der Waals surface area (Å²) in [6.45, 7) is 26.7. The number of benzene rings is 2. The van der Waals surface area contributed by atoms with Crippen LogP contribution >= 0.6 is 0 Å². The first kappa shape index (κ1) is 114. The lowest BCUT2D eigenvalue weighted by Crippen LogP contribution is -2.55. The molecule has 12 amide bonds. The van der Waals surface area contributed by atoms with E-state index in [0.717, 1.165) is 55.2 Å². The van der Waals surface area contributed by atoms with Gasteiger partial charge < -0.3 is 58.6 Å². The first-order valence-corrected chi connectivity index (χ1v) is 48.1. The molecule has 18 atom stereocenters. The first-order valence-electron chi connectivity index (χ1n) is 48.1. The number of ketones is 4. The minimum absolute atomic E-state index is 0.196. The van der Waals surface area contributed by atoms with Crippen LogP contribution in [0.2, 0.25) is 0 Å². The van der Waals surface area contributed by atoms with Crippen molar-refractivity contribution < 1.29 is 115 Å². The number of ether oxygens (including phenoxy) is 4. The van der Waals surface area contributed by atoms with Crippen molar-refractivity contribution in [3.05, 3.63) is 96.1 Å². The molecule has 2 N–H and O–H groups in total. The number of rotatable bonds is 56. The molecule has 2 aromatic carbocycles. The highest BCUT2D eigenvalue weighted by atomic mass is 16.5. The number of carboxylic acids is 2. The SMILES string of the molecule is COC(CC(=O)N1CCC[C@H]1[C@H](OC)[C@@H](C)C(=O)C[C@H](C(=O)O)C(C)c1ccccc1)[C@H](C(C)C)N(C)C(=O)[C@@H](CC(=O)[C@H](C(C)C)N(C)C(=O)CCN(C(=O)CCN1C(=O)C=CC1=O)N(CCC(=O)N(C)[C@H](C(=O)C[C@H](C(=O)N(C)[C@@H](C(C)C)C(CC(=O)N1CCC[C@H]1[C@H](OC)[C@@H](C)C(=O)C[C@H](C(=O)O)C(C)c1ccccc1)OC)C(C)C)C(C)C)C(=O)CCN1C(=O)C=CC1=O)C(C)C. The summed E-state index contributed by atoms with van der Waals surface area (Å²) in [5, 5.41) is 22.4. The summed E-state index contributed by atoms with van der Waals surface area (Å²) < 4.78 is 24.2. The molecule has 6 rings (SSSR count). The second kappa shape index (κ2) is 52.8. The van der Waals surface area contributed by atoms with Gasteiger partial charge in [-0.05, 0) is 84.2 Å². The highest BCUT2D eigenvalue weighted by Crippen LogP contribution is 2.38. The van der Waals surface area contributed by atoms with Crippen LogP contribution in [-0.2, 0) is 105 Å². The molecule has 4 unspecified atom stereocenters. The lowest BCUT2D eigenvalue weighted by atomic mass is 9.80. The number of amides is 12. The number of Topliss-reactive ketones (excluding diaryl/α,β-unsaturated/α-hetero) is 4. The van der Waals surface area contributed by atoms with Crippen LogP contribution in [0.15, 0.2) is 85.0 Å². The number of carboxylic acid groups (broad SMARTS) is 2. The Morgan fingerprint density at radius 1 is 0.368 bits per heavy atom. The molecule has 0 aliphatic carbocycles. The molecule has 34 nitrogen and oxygen atoms in total. The van der Waals surface area contributed by atoms with E-state index in [9.17, 15) is 58.2 Å². The van der Waals surface area contributed by atoms with Crippen molar-refractivity contribution in [3.8, 4) is 0 Å². The third-order valence-corrected chi connectivity index (χ3v) is 28.4. The Kier molecular flexibility index (Phi) is 44.3. The number of hydrogen-bond donors (Lipinski definition) is 2. The predicted octanol–water partition coefficient (Wildman–Crippen LogP) is 9.39. The van der Waals surface area contributed by atoms with Gasteiger partial charge in [-0.1, -0.05) is 171 Å². The van der Waals surface area contributed by atoms with Crippen LogP contribution in [0.25, 0.3) is 0 Å². The first-order chi connectivity index (χ1) is 64.0. The second-order valence-electron chi connectivity index (χ2n) is 39.3. The topological polar surface area (TPSA) is 417 Å². The fourth-order valence-electron chi connectivity index (χ4n) is 20.5. The highest BCUT2D eigenvalue weighted by Gasteiger charge is 2.49. The number of carbonyl (C=O) groups is 18. The molecule has 0 bridgehead atoms. The van der Waals surface area contributed by atoms with E-state index < -0.39 is 266 Å². The number of hydrogen-bond acceptors (Lipinski definition) is 22. The number of carbonyl (C=O) groups excluding carboxylic acids is 16. The Hall–Kier alpha value is -10.6. The summed E-state index contributed by atoms with van der Waals surface area (Å²) in [7, 11) is 11.7. The standard InChI is InChI=1S/C102H152N10O24/c1-59(2)71(99(127)105(19)95(63(9)10)81(133-21)57-91(125)107-47-31-37-75(107)97(135-23)67(15)77(113)55-73(101(129)130)65(13)69-33-27-25-28-34-69)53-79(115)93(61(5)6)103(17)83(117)45-51-111(89(123)43-49-109-85(119)39-40-86(109)120)112(90(124)44-50-110-87(121)41-42-88(110)122)52-46-84(118)104(18)94(62(7)8)80(116)54-72(60(3)4)100(128)106(20)96(64(11)12)82(134-22)58-92(126)108-48-32-38-76(108)98(136-24)68(16)78(114)56-74(102(131)132)66(14)70-35-29-26-30-36-70/h25-30,33-36,39-42,59-68,71-76,81-82,93-98H,31-32,37-38,43-58H2,1-24H3,(H,129,130)(H,131,132)/t65?,66?,67-,68-,71-,72-,73-,74-,75-,76-,81?,82?,93-,94-,95-,96-,97+,98+/m0/s1. The zero-order chi connectivity index (χ0) is 102. The fourth-order valence-corrected chi connectivity index (χ4v) is 20.5. The summed E-state index contributed by atoms with van der Waals surface area (Å²) >= 11 is 0. The van der Waals surface area contributed by atoms with Gasteiger partial charge in [-0.15, -0.1) is 0 Å². The Morgan fingerprint density at radius 3 is 0.934 bits per heavy atom. The van der Waals surface area contributed by atoms with Crippen molar-refractivity contribution in [3.63, 3.8) is 0 Å². The van der Waals surface area contributed by atoms with Crippen molar-refractivity contribution in [2.45, 2.75) is 273 Å². The quantitative estimate of drug-likeness (QED) is 0.0459. The van der Waals surface area contributed by atoms with Crippen molar-refractivity contribution in [1.29, 1.82) is 0 Å². The average Bonchev–Trinajstić information content (AvgIpc) is 1.55. The van der Waals surface area contributed by atoms with Crippen LogP contribution in [0.4, 0.5) is 0 Å². The van der Waals surface area contributed by atoms with Crippen molar-refractivity contribution in [1.82, 2.24) is 49.2 Å². The Labute approximate surface area is 802 Å². The third-order valence-electron chi connectivity index (χ3n) is 28.4. The molecule has 136 heavy (non-hydrogen) atoms. The predicted molar refractivity (Wildman–Crippen MR) is 507 cm³/mol. The van der Waals surface area contributed by atoms with E-state index in [1.54, 1.807) is 107 Å². The van der Waals surface area contributed by atoms with Crippen LogP contribution < -0.4 is 0 Å². The van der Waals surface area contributed by atoms with Crippen LogP contribution in [0.1, 0.15) is 224 Å². The van der Waals surface area contributed by atoms with Gasteiger partial charge in [-0.3, -0.25) is 106 Å². The zero-order valence-corrected chi connectivity index (χ0v) is 84.4. The number of imide groups is 2. The normalized spacial score (nSPS) is 18.7. The third kappa shape index (κ3) is 29.3. The maximum atomic E-state index is 15.2. The second-order valence-corrected chi connectivity index (χ2v) is 39.3. The molecule has 34 heteroatoms. The van der Waals surface area contributed by atoms with Gasteiger partial charge in [0.2, 0.25) is 47.3 Å². The Balaban J connectivity index is 1.21. The van der Waals surface area contributed by atoms with Gasteiger partial charge in [-0.25, -0.2) is 0 Å². The number of methoxy groups -OCH3 is 4. The van der Waals surface area contributed by atoms with E-state index >= 15 is 38.4 Å². The smallest absolute Gasteiger partial charge is 0.307 e. The summed E-state index contributed by atoms with van der Waals surface area (Å²) in [5.74, 6) is -21.2. The lowest BCUT2D eigenvalue weighted by Gasteiger charge is -2.40. The Morgan fingerprint density at radius 2 is 0.669 bits per heavy atom. The van der Waals surface area contributed by atoms with E-state index in [4.69, 9.17) is 18.9 Å². The fraction of sp³-hybridized carbons (Fsp3) is 0.667. The summed E-state index contributed by atoms with van der Waals surface area (Å²) in [5.41, 5.74) is 1.55. The maximum absolute atomic E-state index is 15.2. The van der Waals surface area contributed by atoms with Gasteiger partial charge in [0, 0.05) is 182 Å². The summed E-state index contributed by atoms with van der Waals surface area (Å²) in [4.78, 5) is 266. The minimum Gasteiger partial charge on any atom is -0.481 e. The molecular formula is C102H152N10O24. The Bertz CT molecular complexity index is 4250. The number of aliphatic carboxylic acids is 2. The van der Waals surface area contributed by atoms with Crippen LogP contribution in [0, 0.1) is 71.0 Å². The van der Waals surface area contributed by atoms with Gasteiger partial charge >= 0.3 is 11.9 Å². The molecule has 2 fully saturated rings. The van der Waals surface area contributed by atoms with Crippen LogP contribution in [-0.4, -0.2) is 322 Å². The molecule has 2 aromatic rings. The van der Waals surface area contributed by atoms with E-state index in [1.807, 2.05) is 88.4 Å². The highest BCUT2D eigenvalue weighted by molar-refractivity contribution is 6.14. The molecule has 0 aromatic heterocycles. The molecule has 4 aliphatic heterocycles. The molecule has 0 saturated carbocycles. The molecular weight excluding hydrogens is 1750 g/mol. The van der Waals surface area contributed by atoms with Crippen molar-refractivity contribution >= 4 is 106 Å². The average molecular weight is 1900 g/mol. The molecule has 4 heterocycles. The van der Waals surface area contributed by atoms with Gasteiger partial charge in [-0.2, -0.15) is 0 Å². The monoisotopic (exact) mass is 1900 g/mol. The van der Waals surface area contributed by atoms with E-state index in [-0.39, 0.29) is 73.7 Å². The number of likely N-dealkylation sites (tertiary alicyclic amines) is 2. The van der Waals surface area contributed by atoms with Crippen molar-refractivity contribution in [2.75, 3.05) is 95.9 Å². The molecule has 0 radical (unpaired) electrons. The molecule has 4 aliphatic rings. The van der Waals surface area contributed by atoms with Gasteiger partial charge in [0.15, 0.2) is 11.6 Å². The van der Waals surface area contributed by atoms with Crippen LogP contribution in [0.5, 0.6) is 0 Å². The van der Waals surface area contributed by atoms with Crippen LogP contribution in [0.3, 0.4) is 0 Å². The van der Waals surface area contributed by atoms with Gasteiger partial charge in [0.25, 0.3) is 23.6 Å². The van der Waals surface area contributed by atoms with Gasteiger partial charge in [0.05, 0.1) is 98.4 Å². The molecule has 754 valence electrons. The number of likely N-dealkylation sites (N-methyl/N-ethyl adjacent to an activating group) is 4. The molecule has 0 spiro atoms. The number of nitrogens with zero attached hydrogens (tertiary/aromatic N) is 10. The zero-order valence-electron chi connectivity index (χ0n) is 84.4.